The second kappa shape index (κ2) is 8.58. The average Bonchev–Trinajstić information content (AvgIpc) is 3.50. The third kappa shape index (κ3) is 4.51. The molecule has 0 bridgehead atoms. The van der Waals surface area contributed by atoms with Crippen LogP contribution in [0.5, 0.6) is 0 Å². The Morgan fingerprint density at radius 3 is 2.43 bits per heavy atom. The van der Waals surface area contributed by atoms with E-state index >= 15 is 4.39 Å². The minimum atomic E-state index is -4.75. The molecule has 0 spiro atoms. The molecule has 1 saturated carbocycles. The summed E-state index contributed by atoms with van der Waals surface area (Å²) in [4.78, 5) is 31.4. The third-order valence-electron chi connectivity index (χ3n) is 6.75. The first-order valence-corrected chi connectivity index (χ1v) is 12.8. The number of aromatic nitrogens is 1. The number of amides is 2. The lowest BCUT2D eigenvalue weighted by atomic mass is 9.73. The lowest BCUT2D eigenvalue weighted by Gasteiger charge is -2.42. The summed E-state index contributed by atoms with van der Waals surface area (Å²) in [5, 5.41) is 0. The highest BCUT2D eigenvalue weighted by molar-refractivity contribution is 7.90. The van der Waals surface area contributed by atoms with Crippen molar-refractivity contribution >= 4 is 21.7 Å². The van der Waals surface area contributed by atoms with Crippen molar-refractivity contribution in [1.82, 2.24) is 9.88 Å². The number of rotatable bonds is 6. The van der Waals surface area contributed by atoms with Crippen LogP contribution in [-0.2, 0) is 20.8 Å². The van der Waals surface area contributed by atoms with E-state index in [1.165, 1.54) is 4.90 Å². The van der Waals surface area contributed by atoms with Crippen LogP contribution in [0.25, 0.3) is 0 Å². The van der Waals surface area contributed by atoms with Crippen LogP contribution in [0.4, 0.5) is 17.6 Å². The van der Waals surface area contributed by atoms with Gasteiger partial charge in [0.1, 0.15) is 11.4 Å². The fourth-order valence-corrected chi connectivity index (χ4v) is 5.63. The maximum absolute atomic E-state index is 15.1. The number of pyridine rings is 1. The highest BCUT2D eigenvalue weighted by Gasteiger charge is 2.59. The van der Waals surface area contributed by atoms with Gasteiger partial charge < -0.3 is 10.6 Å². The molecule has 2 aromatic rings. The molecule has 2 aliphatic rings. The molecule has 0 unspecified atom stereocenters. The fraction of sp³-hybridized carbons (Fsp3) is 0.435. The Bertz CT molecular complexity index is 1290. The lowest BCUT2D eigenvalue weighted by Crippen LogP contribution is -2.60. The molecule has 1 aliphatic heterocycles. The number of likely N-dealkylation sites (tertiary alicyclic amines) is 1. The molecular formula is C23H23F4N3O4S. The molecule has 1 aromatic carbocycles. The third-order valence-corrected chi connectivity index (χ3v) is 7.83. The molecule has 1 aliphatic carbocycles. The standard InChI is InChI=1S/C23H23F4N3O4S/c1-35(33,34)16-9-14(11-29-12-16)20(31)30-8-2-7-22(30,21(28)32)19(13-3-4-13)17-6-5-15(10-18(17)24)23(25,26)27/h5-6,9-13,19H,2-4,7-8H2,1H3,(H2,28,32)/t19-,22-/m0/s1. The van der Waals surface area contributed by atoms with E-state index in [4.69, 9.17) is 5.73 Å². The molecule has 2 fully saturated rings. The van der Waals surface area contributed by atoms with Gasteiger partial charge in [-0.15, -0.1) is 0 Å². The Morgan fingerprint density at radius 1 is 1.20 bits per heavy atom. The fourth-order valence-electron chi connectivity index (χ4n) is 5.04. The quantitative estimate of drug-likeness (QED) is 0.596. The predicted molar refractivity (Wildman–Crippen MR) is 116 cm³/mol. The first-order chi connectivity index (χ1) is 16.3. The minimum Gasteiger partial charge on any atom is -0.368 e. The minimum absolute atomic E-state index is 0.0797. The van der Waals surface area contributed by atoms with Gasteiger partial charge in [0.25, 0.3) is 5.91 Å². The number of carbonyl (C=O) groups is 2. The first kappa shape index (κ1) is 25.1. The second-order valence-corrected chi connectivity index (χ2v) is 11.1. The zero-order valence-corrected chi connectivity index (χ0v) is 19.5. The summed E-state index contributed by atoms with van der Waals surface area (Å²) >= 11 is 0. The molecule has 1 aromatic heterocycles. The van der Waals surface area contributed by atoms with Crippen LogP contribution in [0, 0.1) is 11.7 Å². The van der Waals surface area contributed by atoms with Gasteiger partial charge in [0.05, 0.1) is 16.0 Å². The summed E-state index contributed by atoms with van der Waals surface area (Å²) in [5.74, 6) is -3.95. The number of halogens is 4. The Hall–Kier alpha value is -3.02. The number of sulfone groups is 1. The van der Waals surface area contributed by atoms with Crippen LogP contribution >= 0.6 is 0 Å². The van der Waals surface area contributed by atoms with E-state index in [2.05, 4.69) is 4.98 Å². The van der Waals surface area contributed by atoms with Crippen LogP contribution < -0.4 is 5.73 Å². The van der Waals surface area contributed by atoms with E-state index in [9.17, 15) is 31.2 Å². The highest BCUT2D eigenvalue weighted by atomic mass is 32.2. The molecule has 188 valence electrons. The molecule has 1 saturated heterocycles. The SMILES string of the molecule is CS(=O)(=O)c1cncc(C(=O)N2CCC[C@@]2(C(N)=O)[C@H](c2ccc(C(F)(F)F)cc2F)C2CC2)c1. The summed E-state index contributed by atoms with van der Waals surface area (Å²) in [7, 11) is -3.68. The Kier molecular flexibility index (Phi) is 6.15. The van der Waals surface area contributed by atoms with E-state index in [0.29, 0.717) is 25.3 Å². The summed E-state index contributed by atoms with van der Waals surface area (Å²) in [5.41, 5.74) is 2.78. The van der Waals surface area contributed by atoms with Crippen molar-refractivity contribution in [3.05, 3.63) is 59.2 Å². The van der Waals surface area contributed by atoms with Gasteiger partial charge in [0.15, 0.2) is 9.84 Å². The van der Waals surface area contributed by atoms with Gasteiger partial charge in [-0.25, -0.2) is 12.8 Å². The van der Waals surface area contributed by atoms with E-state index < -0.39 is 50.7 Å². The maximum Gasteiger partial charge on any atom is 0.416 e. The number of carbonyl (C=O) groups excluding carboxylic acids is 2. The predicted octanol–water partition coefficient (Wildman–Crippen LogP) is 3.30. The van der Waals surface area contributed by atoms with Crippen molar-refractivity contribution < 1.29 is 35.6 Å². The van der Waals surface area contributed by atoms with Gasteiger partial charge in [-0.2, -0.15) is 13.2 Å². The van der Waals surface area contributed by atoms with Crippen molar-refractivity contribution in [1.29, 1.82) is 0 Å². The van der Waals surface area contributed by atoms with Gasteiger partial charge in [0.2, 0.25) is 5.91 Å². The maximum atomic E-state index is 15.1. The Labute approximate surface area is 199 Å². The summed E-state index contributed by atoms with van der Waals surface area (Å²) in [6, 6.07) is 3.29. The van der Waals surface area contributed by atoms with Crippen LogP contribution in [0.3, 0.4) is 0 Å². The van der Waals surface area contributed by atoms with Crippen molar-refractivity contribution in [2.45, 2.75) is 48.2 Å². The van der Waals surface area contributed by atoms with Crippen molar-refractivity contribution in [2.75, 3.05) is 12.8 Å². The van der Waals surface area contributed by atoms with Gasteiger partial charge in [0, 0.05) is 31.1 Å². The topological polar surface area (TPSA) is 110 Å². The average molecular weight is 514 g/mol. The molecular weight excluding hydrogens is 490 g/mol. The monoisotopic (exact) mass is 513 g/mol. The molecule has 7 nitrogen and oxygen atoms in total. The number of alkyl halides is 3. The molecule has 0 radical (unpaired) electrons. The number of nitrogens with two attached hydrogens (primary N) is 1. The van der Waals surface area contributed by atoms with Crippen molar-refractivity contribution in [3.8, 4) is 0 Å². The lowest BCUT2D eigenvalue weighted by molar-refractivity contribution is -0.138. The van der Waals surface area contributed by atoms with Gasteiger partial charge in [-0.05, 0) is 55.4 Å². The zero-order valence-electron chi connectivity index (χ0n) is 18.7. The molecule has 4 rings (SSSR count). The number of primary amides is 1. The van der Waals surface area contributed by atoms with Crippen LogP contribution in [0.1, 0.15) is 53.1 Å². The van der Waals surface area contributed by atoms with Crippen molar-refractivity contribution in [2.24, 2.45) is 11.7 Å². The zero-order chi connectivity index (χ0) is 25.8. The van der Waals surface area contributed by atoms with Gasteiger partial charge in [-0.1, -0.05) is 6.07 Å². The number of hydrogen-bond acceptors (Lipinski definition) is 5. The van der Waals surface area contributed by atoms with E-state index in [0.717, 1.165) is 36.8 Å². The van der Waals surface area contributed by atoms with E-state index in [1.54, 1.807) is 0 Å². The van der Waals surface area contributed by atoms with E-state index in [1.807, 2.05) is 0 Å². The Morgan fingerprint density at radius 2 is 1.89 bits per heavy atom. The molecule has 2 amide bonds. The summed E-state index contributed by atoms with van der Waals surface area (Å²) in [6.07, 6.45) is 0.0734. The molecule has 2 heterocycles. The second-order valence-electron chi connectivity index (χ2n) is 9.08. The number of benzene rings is 1. The normalized spacial score (nSPS) is 21.7. The van der Waals surface area contributed by atoms with Gasteiger partial charge in [-0.3, -0.25) is 14.6 Å². The van der Waals surface area contributed by atoms with Crippen LogP contribution in [0.2, 0.25) is 0 Å². The van der Waals surface area contributed by atoms with Gasteiger partial charge >= 0.3 is 6.18 Å². The molecule has 2 atom stereocenters. The van der Waals surface area contributed by atoms with Crippen molar-refractivity contribution in [3.63, 3.8) is 0 Å². The van der Waals surface area contributed by atoms with Crippen LogP contribution in [-0.4, -0.2) is 48.5 Å². The number of hydrogen-bond donors (Lipinski definition) is 1. The summed E-state index contributed by atoms with van der Waals surface area (Å²) in [6.45, 7) is 0.0797. The smallest absolute Gasteiger partial charge is 0.368 e. The van der Waals surface area contributed by atoms with E-state index in [-0.39, 0.29) is 34.9 Å². The largest absolute Gasteiger partial charge is 0.416 e. The summed E-state index contributed by atoms with van der Waals surface area (Å²) < 4.78 is 78.3. The highest BCUT2D eigenvalue weighted by Crippen LogP contribution is 2.54. The number of nitrogens with zero attached hydrogens (tertiary/aromatic N) is 2. The Balaban J connectivity index is 1.82. The first-order valence-electron chi connectivity index (χ1n) is 10.9. The molecule has 12 heteroatoms. The molecule has 35 heavy (non-hydrogen) atoms. The van der Waals surface area contributed by atoms with Crippen LogP contribution in [0.15, 0.2) is 41.6 Å². The molecule has 2 N–H and O–H groups in total.